The smallest absolute Gasteiger partial charge is 0.341 e. The Morgan fingerprint density at radius 3 is 2.13 bits per heavy atom. The third-order valence-corrected chi connectivity index (χ3v) is 12.9. The molecule has 0 aromatic heterocycles. The third kappa shape index (κ3) is 6.43. The van der Waals surface area contributed by atoms with Crippen LogP contribution in [0.3, 0.4) is 0 Å². The number of aryl methyl sites for hydroxylation is 1. The van der Waals surface area contributed by atoms with Crippen LogP contribution < -0.4 is 0 Å². The maximum Gasteiger partial charge on any atom is 0.416 e. The number of fused-ring (bicyclic) bond motifs is 2. The first-order valence-electron chi connectivity index (χ1n) is 15.4. The molecule has 5 rings (SSSR count). The van der Waals surface area contributed by atoms with Crippen molar-refractivity contribution in [3.8, 4) is 0 Å². The van der Waals surface area contributed by atoms with E-state index in [2.05, 4.69) is 0 Å². The molecule has 0 spiro atoms. The van der Waals surface area contributed by atoms with Gasteiger partial charge in [0.1, 0.15) is 11.6 Å². The molecule has 1 amide bonds. The summed E-state index contributed by atoms with van der Waals surface area (Å²) in [5, 5.41) is 0. The summed E-state index contributed by atoms with van der Waals surface area (Å²) in [4.78, 5) is 28.0. The SMILES string of the molecule is Cc1cc(F)ccc1C1CN(S(=O)(=O)C[C@@]23CC[C@@H](CC2=O)C3(C)C)CCC1C(=O)N(C)Cc1cc(C(F)(F)F)cc(C(F)(F)F)c1. The van der Waals surface area contributed by atoms with Crippen LogP contribution in [-0.4, -0.2) is 55.2 Å². The van der Waals surface area contributed by atoms with Crippen LogP contribution in [0.1, 0.15) is 73.3 Å². The van der Waals surface area contributed by atoms with Crippen molar-refractivity contribution in [2.75, 3.05) is 25.9 Å². The van der Waals surface area contributed by atoms with Gasteiger partial charge in [-0.2, -0.15) is 26.3 Å². The molecule has 2 bridgehead atoms. The standard InChI is InChI=1S/C33H37F7N2O4S/c1-19-11-24(34)5-6-25(19)27-17-42(47(45,46)18-31-9-7-21(15-28(31)43)30(31,2)3)10-8-26(27)29(44)41(4)16-20-12-22(32(35,36)37)14-23(13-20)33(38,39)40/h5-6,11-14,21,26-27H,7-10,15-18H2,1-4H3/t21-,26?,27?,31-/m0/s1. The molecule has 3 fully saturated rings. The van der Waals surface area contributed by atoms with Gasteiger partial charge < -0.3 is 4.90 Å². The van der Waals surface area contributed by atoms with Gasteiger partial charge in [-0.1, -0.05) is 19.9 Å². The first-order valence-corrected chi connectivity index (χ1v) is 17.0. The minimum absolute atomic E-state index is 0.00670. The molecule has 1 saturated heterocycles. The highest BCUT2D eigenvalue weighted by molar-refractivity contribution is 7.89. The molecule has 2 unspecified atom stereocenters. The fourth-order valence-electron chi connectivity index (χ4n) is 8.10. The van der Waals surface area contributed by atoms with Crippen molar-refractivity contribution in [3.05, 3.63) is 70.0 Å². The maximum atomic E-state index is 14.1. The first kappa shape index (κ1) is 35.3. The van der Waals surface area contributed by atoms with Crippen LogP contribution in [0.2, 0.25) is 0 Å². The second-order valence-electron chi connectivity index (χ2n) is 13.9. The van der Waals surface area contributed by atoms with E-state index in [1.165, 1.54) is 29.6 Å². The van der Waals surface area contributed by atoms with Gasteiger partial charge in [0.05, 0.1) is 16.9 Å². The topological polar surface area (TPSA) is 74.8 Å². The number of alkyl halides is 6. The van der Waals surface area contributed by atoms with Crippen molar-refractivity contribution in [2.24, 2.45) is 22.7 Å². The monoisotopic (exact) mass is 690 g/mol. The molecular formula is C33H37F7N2O4S. The van der Waals surface area contributed by atoms with Crippen LogP contribution in [0.25, 0.3) is 0 Å². The van der Waals surface area contributed by atoms with Gasteiger partial charge in [-0.3, -0.25) is 9.59 Å². The lowest BCUT2D eigenvalue weighted by Gasteiger charge is -2.42. The molecule has 6 nitrogen and oxygen atoms in total. The zero-order valence-electron chi connectivity index (χ0n) is 26.4. The van der Waals surface area contributed by atoms with Gasteiger partial charge in [0.15, 0.2) is 0 Å². The van der Waals surface area contributed by atoms with E-state index < -0.39 is 74.4 Å². The maximum absolute atomic E-state index is 14.1. The van der Waals surface area contributed by atoms with E-state index >= 15 is 0 Å². The summed E-state index contributed by atoms with van der Waals surface area (Å²) >= 11 is 0. The Morgan fingerprint density at radius 2 is 1.62 bits per heavy atom. The van der Waals surface area contributed by atoms with Gasteiger partial charge in [0, 0.05) is 50.4 Å². The number of benzene rings is 2. The predicted octanol–water partition coefficient (Wildman–Crippen LogP) is 6.96. The van der Waals surface area contributed by atoms with Crippen molar-refractivity contribution in [3.63, 3.8) is 0 Å². The largest absolute Gasteiger partial charge is 0.416 e. The molecule has 1 aliphatic heterocycles. The average molecular weight is 691 g/mol. The number of carbonyl (C=O) groups excluding carboxylic acids is 2. The van der Waals surface area contributed by atoms with Crippen molar-refractivity contribution in [1.82, 2.24) is 9.21 Å². The third-order valence-electron chi connectivity index (χ3n) is 10.9. The van der Waals surface area contributed by atoms with E-state index in [1.54, 1.807) is 6.92 Å². The Bertz CT molecular complexity index is 1660. The number of sulfonamides is 1. The van der Waals surface area contributed by atoms with Gasteiger partial charge in [0.2, 0.25) is 15.9 Å². The van der Waals surface area contributed by atoms with Crippen molar-refractivity contribution in [1.29, 1.82) is 0 Å². The van der Waals surface area contributed by atoms with Crippen LogP contribution in [-0.2, 0) is 38.5 Å². The van der Waals surface area contributed by atoms with Crippen LogP contribution in [0.5, 0.6) is 0 Å². The van der Waals surface area contributed by atoms with E-state index in [0.717, 1.165) is 11.3 Å². The fraction of sp³-hybridized carbons (Fsp3) is 0.576. The molecule has 2 aromatic carbocycles. The number of ketones is 1. The predicted molar refractivity (Wildman–Crippen MR) is 159 cm³/mol. The normalized spacial score (nSPS) is 26.5. The summed E-state index contributed by atoms with van der Waals surface area (Å²) in [5.74, 6) is -3.21. The zero-order valence-corrected chi connectivity index (χ0v) is 27.3. The highest BCUT2D eigenvalue weighted by atomic mass is 32.2. The van der Waals surface area contributed by atoms with E-state index in [-0.39, 0.29) is 48.6 Å². The number of hydrogen-bond acceptors (Lipinski definition) is 4. The van der Waals surface area contributed by atoms with Crippen molar-refractivity contribution >= 4 is 21.7 Å². The molecule has 2 saturated carbocycles. The van der Waals surface area contributed by atoms with E-state index in [4.69, 9.17) is 0 Å². The molecule has 2 aromatic rings. The molecule has 258 valence electrons. The van der Waals surface area contributed by atoms with E-state index in [0.29, 0.717) is 36.1 Å². The van der Waals surface area contributed by atoms with Gasteiger partial charge in [-0.15, -0.1) is 0 Å². The van der Waals surface area contributed by atoms with Gasteiger partial charge in [0.25, 0.3) is 0 Å². The Kier molecular flexibility index (Phi) is 8.90. The molecule has 3 aliphatic rings. The minimum Gasteiger partial charge on any atom is -0.341 e. The molecule has 0 N–H and O–H groups in total. The number of amides is 1. The molecule has 47 heavy (non-hydrogen) atoms. The lowest BCUT2D eigenvalue weighted by molar-refractivity contribution is -0.143. The average Bonchev–Trinajstić information content (AvgIpc) is 3.29. The quantitative estimate of drug-likeness (QED) is 0.295. The summed E-state index contributed by atoms with van der Waals surface area (Å²) in [5.41, 5.74) is -3.96. The summed E-state index contributed by atoms with van der Waals surface area (Å²) in [6.07, 6.45) is -8.56. The number of hydrogen-bond donors (Lipinski definition) is 0. The lowest BCUT2D eigenvalue weighted by Crippen LogP contribution is -2.51. The molecule has 1 heterocycles. The number of halogens is 7. The summed E-state index contributed by atoms with van der Waals surface area (Å²) in [6, 6.07) is 5.02. The van der Waals surface area contributed by atoms with Crippen molar-refractivity contribution in [2.45, 2.75) is 71.3 Å². The van der Waals surface area contributed by atoms with E-state index in [9.17, 15) is 48.7 Å². The highest BCUT2D eigenvalue weighted by Crippen LogP contribution is 2.64. The second kappa shape index (κ2) is 11.9. The Labute approximate surface area is 269 Å². The van der Waals surface area contributed by atoms with Gasteiger partial charge in [-0.05, 0) is 84.5 Å². The van der Waals surface area contributed by atoms with Crippen LogP contribution in [0.15, 0.2) is 36.4 Å². The summed E-state index contributed by atoms with van der Waals surface area (Å²) < 4.78 is 124. The molecular weight excluding hydrogens is 653 g/mol. The van der Waals surface area contributed by atoms with E-state index in [1.807, 2.05) is 13.8 Å². The van der Waals surface area contributed by atoms with Crippen LogP contribution in [0, 0.1) is 35.4 Å². The van der Waals surface area contributed by atoms with Gasteiger partial charge in [-0.25, -0.2) is 17.1 Å². The number of carbonyl (C=O) groups is 2. The van der Waals surface area contributed by atoms with Crippen LogP contribution >= 0.6 is 0 Å². The van der Waals surface area contributed by atoms with Gasteiger partial charge >= 0.3 is 12.4 Å². The summed E-state index contributed by atoms with van der Waals surface area (Å²) in [6.45, 7) is 4.64. The number of rotatable bonds is 7. The number of nitrogens with zero attached hydrogens (tertiary/aromatic N) is 2. The van der Waals surface area contributed by atoms with Crippen LogP contribution in [0.4, 0.5) is 30.7 Å². The second-order valence-corrected chi connectivity index (χ2v) is 15.9. The Balaban J connectivity index is 1.43. The molecule has 14 heteroatoms. The fourth-order valence-corrected chi connectivity index (χ4v) is 10.4. The number of Topliss-reactive ketones (excluding diaryl/α,β-unsaturated/α-hetero) is 1. The molecule has 4 atom stereocenters. The van der Waals surface area contributed by atoms with Crippen molar-refractivity contribution < 1.29 is 48.7 Å². The highest BCUT2D eigenvalue weighted by Gasteiger charge is 2.65. The Hall–Kier alpha value is -3.00. The zero-order chi connectivity index (χ0) is 34.9. The number of piperidine rings is 1. The summed E-state index contributed by atoms with van der Waals surface area (Å²) in [7, 11) is -2.77. The minimum atomic E-state index is -5.06. The lowest BCUT2D eigenvalue weighted by atomic mass is 9.70. The Morgan fingerprint density at radius 1 is 1.00 bits per heavy atom. The molecule has 0 radical (unpaired) electrons. The first-order chi connectivity index (χ1) is 21.6. The molecule has 2 aliphatic carbocycles.